The van der Waals surface area contributed by atoms with Gasteiger partial charge in [-0.25, -0.2) is 9.59 Å². The number of fused-ring (bicyclic) bond motifs is 1. The first-order chi connectivity index (χ1) is 9.97. The first-order valence-electron chi connectivity index (χ1n) is 6.13. The molecule has 0 unspecified atom stereocenters. The van der Waals surface area contributed by atoms with Crippen LogP contribution in [0.5, 0.6) is 0 Å². The minimum absolute atomic E-state index is 0.187. The van der Waals surface area contributed by atoms with Gasteiger partial charge in [-0.2, -0.15) is 0 Å². The van der Waals surface area contributed by atoms with Crippen molar-refractivity contribution in [2.75, 3.05) is 5.32 Å². The summed E-state index contributed by atoms with van der Waals surface area (Å²) < 4.78 is 1.19. The predicted molar refractivity (Wildman–Crippen MR) is 77.8 cm³/mol. The van der Waals surface area contributed by atoms with Gasteiger partial charge in [0.15, 0.2) is 0 Å². The van der Waals surface area contributed by atoms with E-state index >= 15 is 0 Å². The van der Waals surface area contributed by atoms with E-state index in [2.05, 4.69) is 15.6 Å². The molecular formula is C13H11ClN4O3. The fraction of sp³-hybridized carbons (Fsp3) is 0.154. The first-order valence-corrected chi connectivity index (χ1v) is 6.51. The zero-order chi connectivity index (χ0) is 15.1. The number of benzene rings is 1. The van der Waals surface area contributed by atoms with E-state index in [1.807, 2.05) is 0 Å². The molecule has 1 aromatic carbocycles. The predicted octanol–water partition coefficient (Wildman–Crippen LogP) is 0.951. The van der Waals surface area contributed by atoms with Gasteiger partial charge in [0, 0.05) is 12.1 Å². The number of nitrogens with one attached hydrogen (secondary N) is 3. The highest BCUT2D eigenvalue weighted by atomic mass is 35.5. The molecule has 7 nitrogen and oxygen atoms in total. The van der Waals surface area contributed by atoms with Gasteiger partial charge in [0.05, 0.1) is 11.6 Å². The van der Waals surface area contributed by atoms with E-state index in [9.17, 15) is 14.4 Å². The maximum atomic E-state index is 12.1. The Labute approximate surface area is 123 Å². The molecular weight excluding hydrogens is 296 g/mol. The second-order valence-corrected chi connectivity index (χ2v) is 5.10. The quantitative estimate of drug-likeness (QED) is 0.732. The zero-order valence-corrected chi connectivity index (χ0v) is 11.7. The molecule has 0 bridgehead atoms. The molecule has 1 aliphatic heterocycles. The summed E-state index contributed by atoms with van der Waals surface area (Å²) in [5, 5.41) is 5.70. The van der Waals surface area contributed by atoms with Crippen LogP contribution in [0.15, 0.2) is 33.9 Å². The van der Waals surface area contributed by atoms with E-state index < -0.39 is 23.3 Å². The molecule has 1 aromatic heterocycles. The van der Waals surface area contributed by atoms with Crippen molar-refractivity contribution in [3.63, 3.8) is 0 Å². The maximum absolute atomic E-state index is 12.1. The highest BCUT2D eigenvalue weighted by Crippen LogP contribution is 2.28. The molecule has 21 heavy (non-hydrogen) atoms. The Balaban J connectivity index is 2.25. The molecule has 0 saturated heterocycles. The monoisotopic (exact) mass is 306 g/mol. The van der Waals surface area contributed by atoms with Crippen LogP contribution in [0.2, 0.25) is 5.02 Å². The van der Waals surface area contributed by atoms with Gasteiger partial charge < -0.3 is 5.32 Å². The Bertz CT molecular complexity index is 838. The second kappa shape index (κ2) is 4.78. The average molecular weight is 307 g/mol. The summed E-state index contributed by atoms with van der Waals surface area (Å²) in [6.45, 7) is 0. The van der Waals surface area contributed by atoms with Crippen molar-refractivity contribution in [2.24, 2.45) is 7.05 Å². The molecule has 0 aliphatic carbocycles. The fourth-order valence-corrected chi connectivity index (χ4v) is 2.44. The minimum Gasteiger partial charge on any atom is -0.327 e. The van der Waals surface area contributed by atoms with Gasteiger partial charge in [0.1, 0.15) is 5.82 Å². The van der Waals surface area contributed by atoms with Crippen LogP contribution >= 0.6 is 11.6 Å². The van der Waals surface area contributed by atoms with E-state index in [0.29, 0.717) is 10.6 Å². The Hall–Kier alpha value is -2.54. The van der Waals surface area contributed by atoms with Gasteiger partial charge >= 0.3 is 11.7 Å². The number of carbonyl (C=O) groups is 1. The van der Waals surface area contributed by atoms with Crippen LogP contribution in [0.25, 0.3) is 0 Å². The normalized spacial score (nSPS) is 16.9. The number of aromatic amines is 1. The molecule has 1 atom stereocenters. The summed E-state index contributed by atoms with van der Waals surface area (Å²) in [5.41, 5.74) is -0.157. The third kappa shape index (κ3) is 2.21. The number of carbonyl (C=O) groups excluding carboxylic acids is 1. The van der Waals surface area contributed by atoms with Gasteiger partial charge in [0.25, 0.3) is 5.56 Å². The molecule has 2 aromatic rings. The Kier molecular flexibility index (Phi) is 3.06. The third-order valence-corrected chi connectivity index (χ3v) is 3.61. The SMILES string of the molecule is Cn1c2c(c(=O)[nH]c1=O)[C@H](c1ccc(Cl)cc1)NC(=O)N2. The molecule has 108 valence electrons. The van der Waals surface area contributed by atoms with Crippen molar-refractivity contribution in [1.29, 1.82) is 0 Å². The lowest BCUT2D eigenvalue weighted by molar-refractivity contribution is 0.248. The van der Waals surface area contributed by atoms with E-state index in [-0.39, 0.29) is 11.4 Å². The first kappa shape index (κ1) is 13.4. The number of anilines is 1. The van der Waals surface area contributed by atoms with Crippen molar-refractivity contribution < 1.29 is 4.79 Å². The lowest BCUT2D eigenvalue weighted by Crippen LogP contribution is -2.46. The number of amides is 2. The van der Waals surface area contributed by atoms with Crippen molar-refractivity contribution in [1.82, 2.24) is 14.9 Å². The van der Waals surface area contributed by atoms with Gasteiger partial charge in [0.2, 0.25) is 0 Å². The van der Waals surface area contributed by atoms with Crippen LogP contribution in [0, 0.1) is 0 Å². The molecule has 3 rings (SSSR count). The molecule has 3 N–H and O–H groups in total. The molecule has 2 heterocycles. The maximum Gasteiger partial charge on any atom is 0.329 e. The largest absolute Gasteiger partial charge is 0.329 e. The van der Waals surface area contributed by atoms with Gasteiger partial charge in [-0.05, 0) is 17.7 Å². The smallest absolute Gasteiger partial charge is 0.327 e. The van der Waals surface area contributed by atoms with Crippen LogP contribution in [-0.2, 0) is 7.05 Å². The fourth-order valence-electron chi connectivity index (χ4n) is 2.31. The zero-order valence-electron chi connectivity index (χ0n) is 10.9. The van der Waals surface area contributed by atoms with Crippen molar-refractivity contribution in [2.45, 2.75) is 6.04 Å². The average Bonchev–Trinajstić information content (AvgIpc) is 2.44. The molecule has 0 fully saturated rings. The Morgan fingerprint density at radius 2 is 1.81 bits per heavy atom. The number of H-pyrrole nitrogens is 1. The van der Waals surface area contributed by atoms with E-state index in [4.69, 9.17) is 11.6 Å². The lowest BCUT2D eigenvalue weighted by atomic mass is 9.99. The molecule has 0 spiro atoms. The van der Waals surface area contributed by atoms with Crippen LogP contribution < -0.4 is 21.9 Å². The summed E-state index contributed by atoms with van der Waals surface area (Å²) in [6.07, 6.45) is 0. The summed E-state index contributed by atoms with van der Waals surface area (Å²) >= 11 is 5.84. The van der Waals surface area contributed by atoms with Crippen LogP contribution in [0.1, 0.15) is 17.2 Å². The van der Waals surface area contributed by atoms with Gasteiger partial charge in [-0.1, -0.05) is 23.7 Å². The lowest BCUT2D eigenvalue weighted by Gasteiger charge is -2.27. The van der Waals surface area contributed by atoms with Crippen molar-refractivity contribution >= 4 is 23.4 Å². The van der Waals surface area contributed by atoms with E-state index in [1.54, 1.807) is 24.3 Å². The molecule has 0 radical (unpaired) electrons. The van der Waals surface area contributed by atoms with Crippen molar-refractivity contribution in [3.8, 4) is 0 Å². The van der Waals surface area contributed by atoms with Gasteiger partial charge in [-0.15, -0.1) is 0 Å². The van der Waals surface area contributed by atoms with Crippen LogP contribution in [0.4, 0.5) is 10.6 Å². The summed E-state index contributed by atoms with van der Waals surface area (Å²) in [6, 6.07) is 5.63. The van der Waals surface area contributed by atoms with Gasteiger partial charge in [-0.3, -0.25) is 19.7 Å². The number of nitrogens with zero attached hydrogens (tertiary/aromatic N) is 1. The topological polar surface area (TPSA) is 96.0 Å². The standard InChI is InChI=1S/C13H11ClN4O3/c1-18-10-8(11(19)17-13(18)21)9(15-12(20)16-10)6-2-4-7(14)5-3-6/h2-5,9H,1H3,(H2,15,16,20)(H,17,19,21)/t9-/m0/s1. The number of hydrogen-bond donors (Lipinski definition) is 3. The van der Waals surface area contributed by atoms with Crippen LogP contribution in [-0.4, -0.2) is 15.6 Å². The van der Waals surface area contributed by atoms with Crippen molar-refractivity contribution in [3.05, 3.63) is 61.3 Å². The van der Waals surface area contributed by atoms with Crippen LogP contribution in [0.3, 0.4) is 0 Å². The van der Waals surface area contributed by atoms with E-state index in [0.717, 1.165) is 0 Å². The molecule has 2 amide bonds. The second-order valence-electron chi connectivity index (χ2n) is 4.66. The molecule has 1 aliphatic rings. The number of halogens is 1. The molecule has 0 saturated carbocycles. The summed E-state index contributed by atoms with van der Waals surface area (Å²) in [5.74, 6) is 0.187. The Morgan fingerprint density at radius 1 is 1.14 bits per heavy atom. The highest BCUT2D eigenvalue weighted by Gasteiger charge is 2.30. The highest BCUT2D eigenvalue weighted by molar-refractivity contribution is 6.30. The summed E-state index contributed by atoms with van der Waals surface area (Å²) in [7, 11) is 1.47. The Morgan fingerprint density at radius 3 is 2.48 bits per heavy atom. The summed E-state index contributed by atoms with van der Waals surface area (Å²) in [4.78, 5) is 37.7. The number of hydrogen-bond acceptors (Lipinski definition) is 3. The number of rotatable bonds is 1. The van der Waals surface area contributed by atoms with E-state index in [1.165, 1.54) is 11.6 Å². The molecule has 8 heteroatoms. The number of aromatic nitrogens is 2. The third-order valence-electron chi connectivity index (χ3n) is 3.36. The minimum atomic E-state index is -0.651. The number of urea groups is 1.